The summed E-state index contributed by atoms with van der Waals surface area (Å²) in [6.07, 6.45) is 48.1. The summed E-state index contributed by atoms with van der Waals surface area (Å²) in [6, 6.07) is 0. The van der Waals surface area contributed by atoms with E-state index in [2.05, 4.69) is 76.2 Å². The van der Waals surface area contributed by atoms with Crippen LogP contribution in [-0.4, -0.2) is 44.0 Å². The minimum Gasteiger partial charge on any atom is -0.347 e. The van der Waals surface area contributed by atoms with E-state index in [1.54, 1.807) is 0 Å². The highest BCUT2D eigenvalue weighted by Gasteiger charge is 2.40. The van der Waals surface area contributed by atoms with Gasteiger partial charge in [-0.15, -0.1) is 0 Å². The zero-order valence-electron chi connectivity index (χ0n) is 31.2. The van der Waals surface area contributed by atoms with Crippen LogP contribution in [-0.2, 0) is 9.47 Å². The lowest BCUT2D eigenvalue weighted by Crippen LogP contribution is -2.33. The molecule has 1 rings (SSSR count). The molecule has 1 aliphatic rings. The van der Waals surface area contributed by atoms with Crippen LogP contribution in [0.1, 0.15) is 188 Å². The normalized spacial score (nSPS) is 19.7. The molecule has 0 amide bonds. The second-order valence-corrected chi connectivity index (χ2v) is 14.5. The van der Waals surface area contributed by atoms with Crippen molar-refractivity contribution in [2.24, 2.45) is 5.92 Å². The SMILES string of the molecule is CCCCC/C=C\C/C=C\CCCCCCCCC1(CCCCCCCC/C=C\CC(C)CCCCC)OCC(CN(C)C)O1. The smallest absolute Gasteiger partial charge is 0.168 e. The zero-order valence-corrected chi connectivity index (χ0v) is 31.2. The van der Waals surface area contributed by atoms with Gasteiger partial charge in [-0.3, -0.25) is 0 Å². The quantitative estimate of drug-likeness (QED) is 0.0546. The minimum absolute atomic E-state index is 0.219. The maximum absolute atomic E-state index is 6.63. The summed E-state index contributed by atoms with van der Waals surface area (Å²) in [5.41, 5.74) is 0. The number of hydrogen-bond acceptors (Lipinski definition) is 3. The Balaban J connectivity index is 2.14. The molecule has 0 aromatic rings. The first-order chi connectivity index (χ1) is 22.0. The predicted octanol–water partition coefficient (Wildman–Crippen LogP) is 13.1. The van der Waals surface area contributed by atoms with Gasteiger partial charge >= 0.3 is 0 Å². The van der Waals surface area contributed by atoms with Gasteiger partial charge < -0.3 is 14.4 Å². The summed E-state index contributed by atoms with van der Waals surface area (Å²) in [4.78, 5) is 2.23. The second kappa shape index (κ2) is 30.4. The van der Waals surface area contributed by atoms with Gasteiger partial charge in [0.05, 0.1) is 12.7 Å². The van der Waals surface area contributed by atoms with Crippen LogP contribution < -0.4 is 0 Å². The third-order valence-electron chi connectivity index (χ3n) is 9.42. The van der Waals surface area contributed by atoms with Gasteiger partial charge in [-0.1, -0.05) is 147 Å². The third-order valence-corrected chi connectivity index (χ3v) is 9.42. The Morgan fingerprint density at radius 2 is 1.11 bits per heavy atom. The molecule has 3 nitrogen and oxygen atoms in total. The fraction of sp³-hybridized carbons (Fsp3) is 0.857. The topological polar surface area (TPSA) is 21.7 Å². The Morgan fingerprint density at radius 1 is 0.622 bits per heavy atom. The first kappa shape index (κ1) is 42.1. The highest BCUT2D eigenvalue weighted by Crippen LogP contribution is 2.35. The molecular weight excluding hydrogens is 550 g/mol. The maximum atomic E-state index is 6.63. The highest BCUT2D eigenvalue weighted by molar-refractivity contribution is 4.92. The van der Waals surface area contributed by atoms with Crippen molar-refractivity contribution in [1.29, 1.82) is 0 Å². The van der Waals surface area contributed by atoms with Crippen molar-refractivity contribution in [2.75, 3.05) is 27.2 Å². The second-order valence-electron chi connectivity index (χ2n) is 14.5. The van der Waals surface area contributed by atoms with E-state index >= 15 is 0 Å². The number of nitrogens with zero attached hydrogens (tertiary/aromatic N) is 1. The monoisotopic (exact) mass is 630 g/mol. The van der Waals surface area contributed by atoms with Crippen LogP contribution in [0.3, 0.4) is 0 Å². The molecule has 3 unspecified atom stereocenters. The van der Waals surface area contributed by atoms with E-state index in [-0.39, 0.29) is 11.9 Å². The van der Waals surface area contributed by atoms with Crippen molar-refractivity contribution in [1.82, 2.24) is 4.90 Å². The molecule has 0 N–H and O–H groups in total. The first-order valence-corrected chi connectivity index (χ1v) is 19.9. The van der Waals surface area contributed by atoms with Gasteiger partial charge in [0.1, 0.15) is 0 Å². The fourth-order valence-corrected chi connectivity index (χ4v) is 6.55. The van der Waals surface area contributed by atoms with Crippen molar-refractivity contribution < 1.29 is 9.47 Å². The predicted molar refractivity (Wildman–Crippen MR) is 200 cm³/mol. The number of ether oxygens (including phenoxy) is 2. The minimum atomic E-state index is -0.325. The van der Waals surface area contributed by atoms with Crippen LogP contribution in [0.25, 0.3) is 0 Å². The average Bonchev–Trinajstić information content (AvgIpc) is 3.41. The van der Waals surface area contributed by atoms with Gasteiger partial charge in [-0.25, -0.2) is 0 Å². The zero-order chi connectivity index (χ0) is 32.7. The van der Waals surface area contributed by atoms with Gasteiger partial charge in [0.15, 0.2) is 5.79 Å². The highest BCUT2D eigenvalue weighted by atomic mass is 16.7. The van der Waals surface area contributed by atoms with E-state index in [0.29, 0.717) is 0 Å². The van der Waals surface area contributed by atoms with Crippen LogP contribution >= 0.6 is 0 Å². The number of likely N-dealkylation sites (N-methyl/N-ethyl adjacent to an activating group) is 1. The summed E-state index contributed by atoms with van der Waals surface area (Å²) in [5.74, 6) is 0.524. The van der Waals surface area contributed by atoms with Crippen molar-refractivity contribution in [2.45, 2.75) is 200 Å². The molecule has 1 fully saturated rings. The van der Waals surface area contributed by atoms with Crippen molar-refractivity contribution >= 4 is 0 Å². The molecule has 0 bridgehead atoms. The number of rotatable bonds is 32. The molecule has 264 valence electrons. The lowest BCUT2D eigenvalue weighted by atomic mass is 9.98. The molecular formula is C42H79NO2. The Morgan fingerprint density at radius 3 is 1.67 bits per heavy atom. The van der Waals surface area contributed by atoms with Gasteiger partial charge in [-0.2, -0.15) is 0 Å². The van der Waals surface area contributed by atoms with E-state index in [4.69, 9.17) is 9.47 Å². The molecule has 3 heteroatoms. The molecule has 0 aliphatic carbocycles. The average molecular weight is 630 g/mol. The molecule has 1 saturated heterocycles. The Bertz CT molecular complexity index is 713. The molecule has 0 spiro atoms. The molecule has 0 radical (unpaired) electrons. The van der Waals surface area contributed by atoms with Gasteiger partial charge in [0, 0.05) is 19.4 Å². The number of hydrogen-bond donors (Lipinski definition) is 0. The number of unbranched alkanes of at least 4 members (excludes halogenated alkanes) is 17. The van der Waals surface area contributed by atoms with Crippen molar-refractivity contribution in [3.8, 4) is 0 Å². The Kier molecular flexibility index (Phi) is 28.5. The Hall–Kier alpha value is -0.900. The van der Waals surface area contributed by atoms with Gasteiger partial charge in [-0.05, 0) is 84.2 Å². The standard InChI is InChI=1S/C42H79NO2/c1-6-8-10-11-12-13-14-15-16-17-18-19-22-25-28-32-36-42(44-39-41(45-42)38-43(4)5)37-33-29-26-23-20-21-24-27-31-35-40(3)34-30-9-7-2/h12-13,15-16,27,31,40-41H,6-11,14,17-26,28-30,32-39H2,1-5H3/b13-12-,16-15-,31-27-. The van der Waals surface area contributed by atoms with Gasteiger partial charge in [0.25, 0.3) is 0 Å². The first-order valence-electron chi connectivity index (χ1n) is 19.9. The van der Waals surface area contributed by atoms with Crippen molar-refractivity contribution in [3.63, 3.8) is 0 Å². The molecule has 0 aromatic carbocycles. The third kappa shape index (κ3) is 25.8. The van der Waals surface area contributed by atoms with E-state index < -0.39 is 0 Å². The van der Waals surface area contributed by atoms with E-state index in [1.807, 2.05) is 0 Å². The van der Waals surface area contributed by atoms with E-state index in [0.717, 1.165) is 38.3 Å². The maximum Gasteiger partial charge on any atom is 0.168 e. The lowest BCUT2D eigenvalue weighted by Gasteiger charge is -2.29. The summed E-state index contributed by atoms with van der Waals surface area (Å²) < 4.78 is 13.1. The van der Waals surface area contributed by atoms with Crippen LogP contribution in [0, 0.1) is 5.92 Å². The van der Waals surface area contributed by atoms with Crippen LogP contribution in [0.4, 0.5) is 0 Å². The summed E-state index contributed by atoms with van der Waals surface area (Å²) in [6.45, 7) is 8.68. The van der Waals surface area contributed by atoms with E-state index in [1.165, 1.54) is 148 Å². The summed E-state index contributed by atoms with van der Waals surface area (Å²) in [7, 11) is 4.27. The van der Waals surface area contributed by atoms with Crippen LogP contribution in [0.2, 0.25) is 0 Å². The Labute approximate surface area is 283 Å². The van der Waals surface area contributed by atoms with Gasteiger partial charge in [0.2, 0.25) is 0 Å². The number of allylic oxidation sites excluding steroid dienone is 6. The van der Waals surface area contributed by atoms with Crippen molar-refractivity contribution in [3.05, 3.63) is 36.5 Å². The van der Waals surface area contributed by atoms with E-state index in [9.17, 15) is 0 Å². The fourth-order valence-electron chi connectivity index (χ4n) is 6.55. The molecule has 45 heavy (non-hydrogen) atoms. The largest absolute Gasteiger partial charge is 0.347 e. The molecule has 0 saturated carbocycles. The van der Waals surface area contributed by atoms with Crippen LogP contribution in [0.5, 0.6) is 0 Å². The van der Waals surface area contributed by atoms with Crippen LogP contribution in [0.15, 0.2) is 36.5 Å². The molecule has 1 heterocycles. The molecule has 3 atom stereocenters. The summed E-state index contributed by atoms with van der Waals surface area (Å²) >= 11 is 0. The summed E-state index contributed by atoms with van der Waals surface area (Å²) in [5, 5.41) is 0. The lowest BCUT2D eigenvalue weighted by molar-refractivity contribution is -0.180. The molecule has 1 aliphatic heterocycles. The molecule has 0 aromatic heterocycles.